The van der Waals surface area contributed by atoms with Gasteiger partial charge in [-0.2, -0.15) is 0 Å². The van der Waals surface area contributed by atoms with Gasteiger partial charge in [0.25, 0.3) is 11.8 Å². The smallest absolute Gasteiger partial charge is 0.282 e. The van der Waals surface area contributed by atoms with E-state index < -0.39 is 0 Å². The number of anilines is 1. The molecule has 0 radical (unpaired) electrons. The fourth-order valence-electron chi connectivity index (χ4n) is 3.47. The van der Waals surface area contributed by atoms with Crippen molar-refractivity contribution in [1.82, 2.24) is 4.90 Å². The molecule has 0 spiro atoms. The predicted octanol–water partition coefficient (Wildman–Crippen LogP) is 3.13. The Labute approximate surface area is 165 Å². The van der Waals surface area contributed by atoms with Gasteiger partial charge in [-0.15, -0.1) is 0 Å². The molecule has 5 heteroatoms. The third kappa shape index (κ3) is 3.34. The van der Waals surface area contributed by atoms with Gasteiger partial charge in [0.1, 0.15) is 5.70 Å². The largest absolute Gasteiger partial charge is 0.395 e. The van der Waals surface area contributed by atoms with Crippen molar-refractivity contribution >= 4 is 23.1 Å². The van der Waals surface area contributed by atoms with Crippen LogP contribution in [-0.4, -0.2) is 42.0 Å². The molecule has 0 atom stereocenters. The lowest BCUT2D eigenvalue weighted by atomic mass is 9.99. The summed E-state index contributed by atoms with van der Waals surface area (Å²) in [6, 6.07) is 11.5. The normalized spacial score (nSPS) is 14.3. The van der Waals surface area contributed by atoms with Crippen molar-refractivity contribution in [1.29, 1.82) is 0 Å². The average molecular weight is 378 g/mol. The quantitative estimate of drug-likeness (QED) is 0.812. The first-order valence-corrected chi connectivity index (χ1v) is 9.36. The lowest BCUT2D eigenvalue weighted by Gasteiger charge is -2.21. The molecule has 0 saturated carbocycles. The summed E-state index contributed by atoms with van der Waals surface area (Å²) in [5.41, 5.74) is 6.03. The zero-order chi connectivity index (χ0) is 20.6. The minimum atomic E-state index is -0.358. The molecule has 2 amide bonds. The zero-order valence-electron chi connectivity index (χ0n) is 17.0. The number of benzene rings is 2. The Balaban J connectivity index is 2.19. The van der Waals surface area contributed by atoms with Crippen LogP contribution < -0.4 is 4.90 Å². The van der Waals surface area contributed by atoms with Crippen molar-refractivity contribution < 1.29 is 14.7 Å². The number of rotatable bonds is 5. The Bertz CT molecular complexity index is 991. The van der Waals surface area contributed by atoms with Gasteiger partial charge in [0.15, 0.2) is 0 Å². The SMILES string of the molecule is Cc1ccc(C)c(N2C(=O)C(c3ccc(C)c(C)c3)=C(N(C)CCO)C2=O)c1. The molecular weight excluding hydrogens is 352 g/mol. The highest BCUT2D eigenvalue weighted by molar-refractivity contribution is 6.45. The highest BCUT2D eigenvalue weighted by atomic mass is 16.3. The van der Waals surface area contributed by atoms with E-state index >= 15 is 0 Å². The number of carbonyl (C=O) groups excluding carboxylic acids is 2. The van der Waals surface area contributed by atoms with Gasteiger partial charge in [-0.05, 0) is 61.6 Å². The first-order valence-electron chi connectivity index (χ1n) is 9.36. The van der Waals surface area contributed by atoms with Crippen LogP contribution in [0.15, 0.2) is 42.1 Å². The Hall–Kier alpha value is -2.92. The van der Waals surface area contributed by atoms with Gasteiger partial charge in [0.2, 0.25) is 0 Å². The molecule has 0 unspecified atom stereocenters. The summed E-state index contributed by atoms with van der Waals surface area (Å²) in [6.45, 7) is 7.98. The summed E-state index contributed by atoms with van der Waals surface area (Å²) in [5.74, 6) is -0.690. The van der Waals surface area contributed by atoms with Crippen LogP contribution in [0, 0.1) is 27.7 Å². The number of likely N-dealkylation sites (N-methyl/N-ethyl adjacent to an activating group) is 1. The topological polar surface area (TPSA) is 60.9 Å². The van der Waals surface area contributed by atoms with E-state index in [1.807, 2.05) is 64.1 Å². The summed E-state index contributed by atoms with van der Waals surface area (Å²) >= 11 is 0. The van der Waals surface area contributed by atoms with Crippen molar-refractivity contribution in [2.24, 2.45) is 0 Å². The molecule has 2 aromatic rings. The minimum absolute atomic E-state index is 0.106. The van der Waals surface area contributed by atoms with Crippen molar-refractivity contribution in [3.8, 4) is 0 Å². The number of aliphatic hydroxyl groups is 1. The molecule has 0 fully saturated rings. The second-order valence-electron chi connectivity index (χ2n) is 7.40. The van der Waals surface area contributed by atoms with E-state index in [1.54, 1.807) is 11.9 Å². The van der Waals surface area contributed by atoms with Gasteiger partial charge in [0.05, 0.1) is 17.9 Å². The van der Waals surface area contributed by atoms with Crippen LogP contribution in [0.25, 0.3) is 5.57 Å². The Kier molecular flexibility index (Phi) is 5.38. The van der Waals surface area contributed by atoms with Crippen molar-refractivity contribution in [2.75, 3.05) is 25.1 Å². The predicted molar refractivity (Wildman–Crippen MR) is 111 cm³/mol. The number of hydrogen-bond donors (Lipinski definition) is 1. The van der Waals surface area contributed by atoms with Gasteiger partial charge >= 0.3 is 0 Å². The summed E-state index contributed by atoms with van der Waals surface area (Å²) < 4.78 is 0. The maximum Gasteiger partial charge on any atom is 0.282 e. The van der Waals surface area contributed by atoms with Crippen molar-refractivity contribution in [3.05, 3.63) is 69.9 Å². The molecule has 1 aliphatic rings. The van der Waals surface area contributed by atoms with Gasteiger partial charge in [-0.25, -0.2) is 4.90 Å². The van der Waals surface area contributed by atoms with E-state index in [4.69, 9.17) is 0 Å². The first-order chi connectivity index (χ1) is 13.3. The molecule has 146 valence electrons. The van der Waals surface area contributed by atoms with Crippen molar-refractivity contribution in [2.45, 2.75) is 27.7 Å². The Morgan fingerprint density at radius 2 is 1.57 bits per heavy atom. The fourth-order valence-corrected chi connectivity index (χ4v) is 3.47. The molecule has 1 N–H and O–H groups in total. The maximum atomic E-state index is 13.5. The maximum absolute atomic E-state index is 13.5. The van der Waals surface area contributed by atoms with Crippen LogP contribution in [0.1, 0.15) is 27.8 Å². The molecule has 28 heavy (non-hydrogen) atoms. The lowest BCUT2D eigenvalue weighted by molar-refractivity contribution is -0.120. The Morgan fingerprint density at radius 1 is 0.893 bits per heavy atom. The van der Waals surface area contributed by atoms with Gasteiger partial charge in [-0.1, -0.05) is 30.3 Å². The molecule has 2 aromatic carbocycles. The second-order valence-corrected chi connectivity index (χ2v) is 7.40. The molecule has 1 heterocycles. The Morgan fingerprint density at radius 3 is 2.21 bits per heavy atom. The monoisotopic (exact) mass is 378 g/mol. The highest BCUT2D eigenvalue weighted by Gasteiger charge is 2.42. The lowest BCUT2D eigenvalue weighted by Crippen LogP contribution is -2.35. The summed E-state index contributed by atoms with van der Waals surface area (Å²) in [4.78, 5) is 29.7. The van der Waals surface area contributed by atoms with Gasteiger partial charge < -0.3 is 10.0 Å². The number of hydrogen-bond acceptors (Lipinski definition) is 4. The first kappa shape index (κ1) is 19.8. The van der Waals surface area contributed by atoms with Crippen LogP contribution in [0.3, 0.4) is 0 Å². The number of aryl methyl sites for hydroxylation is 4. The third-order valence-electron chi connectivity index (χ3n) is 5.28. The van der Waals surface area contributed by atoms with Crippen LogP contribution >= 0.6 is 0 Å². The molecule has 3 rings (SSSR count). The average Bonchev–Trinajstić information content (AvgIpc) is 2.90. The molecule has 0 bridgehead atoms. The van der Waals surface area contributed by atoms with E-state index in [1.165, 1.54) is 4.90 Å². The number of imide groups is 1. The summed E-state index contributed by atoms with van der Waals surface area (Å²) in [5, 5.41) is 9.38. The fraction of sp³-hybridized carbons (Fsp3) is 0.304. The van der Waals surface area contributed by atoms with E-state index in [-0.39, 0.29) is 25.0 Å². The van der Waals surface area contributed by atoms with E-state index in [9.17, 15) is 14.7 Å². The molecule has 1 aliphatic heterocycles. The number of carbonyl (C=O) groups is 2. The molecule has 0 aliphatic carbocycles. The van der Waals surface area contributed by atoms with Crippen LogP contribution in [0.5, 0.6) is 0 Å². The van der Waals surface area contributed by atoms with Crippen LogP contribution in [0.4, 0.5) is 5.69 Å². The van der Waals surface area contributed by atoms with Crippen molar-refractivity contribution in [3.63, 3.8) is 0 Å². The number of aliphatic hydroxyl groups excluding tert-OH is 1. The van der Waals surface area contributed by atoms with E-state index in [0.717, 1.165) is 22.3 Å². The van der Waals surface area contributed by atoms with E-state index in [2.05, 4.69) is 0 Å². The zero-order valence-corrected chi connectivity index (χ0v) is 17.0. The highest BCUT2D eigenvalue weighted by Crippen LogP contribution is 2.36. The van der Waals surface area contributed by atoms with Crippen LogP contribution in [0.2, 0.25) is 0 Å². The standard InChI is InChI=1S/C23H26N2O3/c1-14-6-7-16(3)19(12-14)25-22(27)20(18-9-8-15(2)17(4)13-18)21(23(25)28)24(5)10-11-26/h6-9,12-13,26H,10-11H2,1-5H3. The summed E-state index contributed by atoms with van der Waals surface area (Å²) in [7, 11) is 1.73. The molecule has 0 aromatic heterocycles. The van der Waals surface area contributed by atoms with E-state index in [0.29, 0.717) is 22.5 Å². The van der Waals surface area contributed by atoms with Crippen LogP contribution in [-0.2, 0) is 9.59 Å². The van der Waals surface area contributed by atoms with Gasteiger partial charge in [0, 0.05) is 13.6 Å². The third-order valence-corrected chi connectivity index (χ3v) is 5.28. The minimum Gasteiger partial charge on any atom is -0.395 e. The summed E-state index contributed by atoms with van der Waals surface area (Å²) in [6.07, 6.45) is 0. The number of nitrogens with zero attached hydrogens (tertiary/aromatic N) is 2. The molecule has 5 nitrogen and oxygen atoms in total. The number of amides is 2. The molecular formula is C23H26N2O3. The molecule has 0 saturated heterocycles. The van der Waals surface area contributed by atoms with Gasteiger partial charge in [-0.3, -0.25) is 9.59 Å². The second kappa shape index (κ2) is 7.60.